The van der Waals surface area contributed by atoms with Gasteiger partial charge in [0, 0.05) is 13.0 Å². The quantitative estimate of drug-likeness (QED) is 0.313. The van der Waals surface area contributed by atoms with Crippen molar-refractivity contribution in [2.45, 2.75) is 59.3 Å². The van der Waals surface area contributed by atoms with Crippen molar-refractivity contribution in [3.63, 3.8) is 0 Å². The van der Waals surface area contributed by atoms with Gasteiger partial charge >= 0.3 is 11.8 Å². The van der Waals surface area contributed by atoms with Crippen LogP contribution in [0.3, 0.4) is 0 Å². The molecule has 0 amide bonds. The number of nitrogens with zero attached hydrogens (tertiary/aromatic N) is 3. The van der Waals surface area contributed by atoms with Gasteiger partial charge in [-0.3, -0.25) is 0 Å². The van der Waals surface area contributed by atoms with Gasteiger partial charge < -0.3 is 23.2 Å². The van der Waals surface area contributed by atoms with Gasteiger partial charge in [0.1, 0.15) is 17.1 Å². The molecular formula is C29H29N3O6. The summed E-state index contributed by atoms with van der Waals surface area (Å²) < 4.78 is 17.0. The third-order valence-electron chi connectivity index (χ3n) is 6.12. The number of hydrogen-bond acceptors (Lipinski definition) is 8. The van der Waals surface area contributed by atoms with Gasteiger partial charge in [0.15, 0.2) is 23.8 Å². The fraction of sp³-hybridized carbons (Fsp3) is 0.310. The number of nitriles is 1. The molecule has 0 unspecified atom stereocenters. The van der Waals surface area contributed by atoms with Crippen molar-refractivity contribution < 1.29 is 23.5 Å². The molecule has 0 aliphatic carbocycles. The smallest absolute Gasteiger partial charge is 0.453 e. The van der Waals surface area contributed by atoms with E-state index in [9.17, 15) is 20.0 Å². The lowest BCUT2D eigenvalue weighted by atomic mass is 9.99. The molecule has 2 aromatic heterocycles. The lowest BCUT2D eigenvalue weighted by Gasteiger charge is -2.17. The molecule has 0 bridgehead atoms. The molecule has 196 valence electrons. The van der Waals surface area contributed by atoms with Gasteiger partial charge in [0.25, 0.3) is 0 Å². The molecule has 0 saturated carbocycles. The van der Waals surface area contributed by atoms with E-state index in [1.807, 2.05) is 49.4 Å². The van der Waals surface area contributed by atoms with Crippen LogP contribution in [0.15, 0.2) is 62.2 Å². The molecule has 0 radical (unpaired) electrons. The van der Waals surface area contributed by atoms with Gasteiger partial charge in [-0.05, 0) is 49.9 Å². The summed E-state index contributed by atoms with van der Waals surface area (Å²) >= 11 is 0. The number of benzene rings is 2. The first-order valence-corrected chi connectivity index (χ1v) is 12.3. The average Bonchev–Trinajstić information content (AvgIpc) is 3.41. The summed E-state index contributed by atoms with van der Waals surface area (Å²) in [7, 11) is 0. The molecule has 0 saturated heterocycles. The van der Waals surface area contributed by atoms with Crippen LogP contribution in [-0.2, 0) is 29.9 Å². The fourth-order valence-electron chi connectivity index (χ4n) is 4.23. The molecule has 2 aromatic carbocycles. The van der Waals surface area contributed by atoms with Crippen molar-refractivity contribution in [1.82, 2.24) is 9.55 Å². The Balaban J connectivity index is 1.70. The van der Waals surface area contributed by atoms with Crippen LogP contribution in [0, 0.1) is 18.3 Å². The molecule has 2 heterocycles. The predicted molar refractivity (Wildman–Crippen MR) is 138 cm³/mol. The second-order valence-electron chi connectivity index (χ2n) is 9.48. The lowest BCUT2D eigenvalue weighted by Crippen LogP contribution is -2.23. The second kappa shape index (κ2) is 10.9. The maximum absolute atomic E-state index is 13.4. The van der Waals surface area contributed by atoms with Gasteiger partial charge in [0.05, 0.1) is 11.6 Å². The van der Waals surface area contributed by atoms with E-state index in [1.54, 1.807) is 31.4 Å². The van der Waals surface area contributed by atoms with E-state index >= 15 is 0 Å². The number of ether oxygens (including phenoxy) is 1. The molecule has 4 aromatic rings. The maximum atomic E-state index is 13.4. The van der Waals surface area contributed by atoms with Crippen LogP contribution in [-0.4, -0.2) is 20.6 Å². The van der Waals surface area contributed by atoms with Gasteiger partial charge in [-0.2, -0.15) is 5.26 Å². The van der Waals surface area contributed by atoms with E-state index in [0.29, 0.717) is 24.4 Å². The molecular weight excluding hydrogens is 486 g/mol. The number of imidazole rings is 1. The Hall–Kier alpha value is -4.42. The van der Waals surface area contributed by atoms with E-state index in [-0.39, 0.29) is 29.5 Å². The van der Waals surface area contributed by atoms with Gasteiger partial charge in [-0.15, -0.1) is 0 Å². The molecule has 0 spiro atoms. The average molecular weight is 516 g/mol. The highest BCUT2D eigenvalue weighted by atomic mass is 16.6. The second-order valence-corrected chi connectivity index (χ2v) is 9.48. The number of aryl methyl sites for hydroxylation is 2. The summed E-state index contributed by atoms with van der Waals surface area (Å²) in [4.78, 5) is 29.4. The van der Waals surface area contributed by atoms with Crippen LogP contribution in [0.1, 0.15) is 71.8 Å². The van der Waals surface area contributed by atoms with Gasteiger partial charge in [-0.25, -0.2) is 14.6 Å². The topological polar surface area (TPSA) is 131 Å². The van der Waals surface area contributed by atoms with E-state index < -0.39 is 17.4 Å². The normalized spacial score (nSPS) is 11.4. The zero-order valence-corrected chi connectivity index (χ0v) is 21.8. The molecule has 0 aliphatic heterocycles. The first-order valence-electron chi connectivity index (χ1n) is 12.3. The predicted octanol–water partition coefficient (Wildman–Crippen LogP) is 4.86. The zero-order chi connectivity index (χ0) is 27.4. The van der Waals surface area contributed by atoms with Crippen molar-refractivity contribution in [2.75, 3.05) is 0 Å². The minimum atomic E-state index is -1.41. The molecule has 9 nitrogen and oxygen atoms in total. The molecule has 9 heteroatoms. The third kappa shape index (κ3) is 5.61. The Morgan fingerprint density at radius 3 is 2.47 bits per heavy atom. The highest BCUT2D eigenvalue weighted by molar-refractivity contribution is 5.89. The van der Waals surface area contributed by atoms with Crippen LogP contribution in [0.25, 0.3) is 11.1 Å². The molecule has 4 rings (SSSR count). The number of aliphatic hydroxyl groups is 1. The highest BCUT2D eigenvalue weighted by Crippen LogP contribution is 2.28. The van der Waals surface area contributed by atoms with Crippen LogP contribution in [0.4, 0.5) is 0 Å². The van der Waals surface area contributed by atoms with E-state index in [0.717, 1.165) is 23.1 Å². The SMILES string of the molecule is CCCc1nc(C(C)(C)O)c(C(=O)OCc2oc(=O)oc2C)n1Cc1ccc(-c2ccccc2C#N)cc1. The number of rotatable bonds is 9. The Kier molecular flexibility index (Phi) is 7.65. The summed E-state index contributed by atoms with van der Waals surface area (Å²) in [5, 5.41) is 20.3. The summed E-state index contributed by atoms with van der Waals surface area (Å²) in [6.45, 7) is 6.68. The van der Waals surface area contributed by atoms with E-state index in [2.05, 4.69) is 11.1 Å². The fourth-order valence-corrected chi connectivity index (χ4v) is 4.23. The standard InChI is InChI=1S/C29H29N3O6/c1-5-8-24-31-26(29(3,4)35)25(27(33)36-17-23-18(2)37-28(34)38-23)32(24)16-19-11-13-20(14-12-19)22-10-7-6-9-21(22)15-30/h6-7,9-14,35H,5,8,16-17H2,1-4H3. The highest BCUT2D eigenvalue weighted by Gasteiger charge is 2.33. The summed E-state index contributed by atoms with van der Waals surface area (Å²) in [6, 6.07) is 17.3. The zero-order valence-electron chi connectivity index (χ0n) is 21.8. The van der Waals surface area contributed by atoms with Crippen molar-refractivity contribution in [1.29, 1.82) is 5.26 Å². The molecule has 38 heavy (non-hydrogen) atoms. The summed E-state index contributed by atoms with van der Waals surface area (Å²) in [5.41, 5.74) is 2.14. The minimum Gasteiger partial charge on any atom is -0.453 e. The van der Waals surface area contributed by atoms with Crippen molar-refractivity contribution >= 4 is 5.97 Å². The number of carbonyl (C=O) groups excluding carboxylic acids is 1. The maximum Gasteiger partial charge on any atom is 0.519 e. The summed E-state index contributed by atoms with van der Waals surface area (Å²) in [6.07, 6.45) is 1.36. The van der Waals surface area contributed by atoms with E-state index in [4.69, 9.17) is 13.6 Å². The van der Waals surface area contributed by atoms with Gasteiger partial charge in [-0.1, -0.05) is 49.4 Å². The first-order chi connectivity index (χ1) is 18.1. The van der Waals surface area contributed by atoms with Crippen molar-refractivity contribution in [3.05, 3.63) is 99.0 Å². The number of carbonyl (C=O) groups is 1. The Morgan fingerprint density at radius 2 is 1.87 bits per heavy atom. The van der Waals surface area contributed by atoms with Crippen molar-refractivity contribution in [2.24, 2.45) is 0 Å². The van der Waals surface area contributed by atoms with Crippen LogP contribution in [0.2, 0.25) is 0 Å². The van der Waals surface area contributed by atoms with E-state index in [1.165, 1.54) is 0 Å². The monoisotopic (exact) mass is 515 g/mol. The Labute approximate surface area is 219 Å². The van der Waals surface area contributed by atoms with Gasteiger partial charge in [0.2, 0.25) is 0 Å². The molecule has 0 aliphatic rings. The minimum absolute atomic E-state index is 0.112. The molecule has 1 N–H and O–H groups in total. The number of hydrogen-bond donors (Lipinski definition) is 1. The van der Waals surface area contributed by atoms with Crippen molar-refractivity contribution in [3.8, 4) is 17.2 Å². The Morgan fingerprint density at radius 1 is 1.16 bits per heavy atom. The number of esters is 1. The largest absolute Gasteiger partial charge is 0.519 e. The number of aromatic nitrogens is 2. The third-order valence-corrected chi connectivity index (χ3v) is 6.12. The lowest BCUT2D eigenvalue weighted by molar-refractivity contribution is 0.0395. The van der Waals surface area contributed by atoms with Crippen LogP contribution >= 0.6 is 0 Å². The van der Waals surface area contributed by atoms with Crippen LogP contribution < -0.4 is 5.82 Å². The Bertz CT molecular complexity index is 1540. The first kappa shape index (κ1) is 26.6. The van der Waals surface area contributed by atoms with Crippen LogP contribution in [0.5, 0.6) is 0 Å². The molecule has 0 atom stereocenters. The molecule has 0 fully saturated rings. The summed E-state index contributed by atoms with van der Waals surface area (Å²) in [5.74, 6) is -0.604.